The first kappa shape index (κ1) is 30.7. The van der Waals surface area contributed by atoms with Crippen LogP contribution in [0, 0.1) is 0 Å². The van der Waals surface area contributed by atoms with Gasteiger partial charge in [0.25, 0.3) is 0 Å². The number of hydrogen-bond acceptors (Lipinski definition) is 9. The van der Waals surface area contributed by atoms with Crippen LogP contribution in [0.25, 0.3) is 21.5 Å². The molecule has 0 amide bonds. The molecular formula is C38H28O9. The van der Waals surface area contributed by atoms with Crippen LogP contribution in [-0.2, 0) is 0 Å². The monoisotopic (exact) mass is 628 g/mol. The van der Waals surface area contributed by atoms with E-state index in [-0.39, 0.29) is 33.9 Å². The predicted molar refractivity (Wildman–Crippen MR) is 175 cm³/mol. The zero-order valence-corrected chi connectivity index (χ0v) is 25.6. The van der Waals surface area contributed by atoms with Crippen LogP contribution in [0.5, 0.6) is 34.5 Å². The molecule has 9 nitrogen and oxygen atoms in total. The van der Waals surface area contributed by atoms with Crippen molar-refractivity contribution >= 4 is 39.5 Å². The average Bonchev–Trinajstić information content (AvgIpc) is 3.11. The van der Waals surface area contributed by atoms with E-state index in [1.165, 1.54) is 21.3 Å². The van der Waals surface area contributed by atoms with Crippen molar-refractivity contribution in [3.8, 4) is 34.5 Å². The zero-order chi connectivity index (χ0) is 32.9. The number of rotatable bonds is 9. The molecule has 0 saturated heterocycles. The Kier molecular flexibility index (Phi) is 8.70. The van der Waals surface area contributed by atoms with Crippen LogP contribution >= 0.6 is 0 Å². The molecule has 0 fully saturated rings. The number of benzene rings is 6. The van der Waals surface area contributed by atoms with E-state index in [0.29, 0.717) is 38.8 Å². The molecule has 47 heavy (non-hydrogen) atoms. The second kappa shape index (κ2) is 13.3. The molecule has 0 aliphatic rings. The van der Waals surface area contributed by atoms with Crippen molar-refractivity contribution in [3.05, 3.63) is 132 Å². The minimum atomic E-state index is -0.686. The van der Waals surface area contributed by atoms with Gasteiger partial charge in [0.2, 0.25) is 0 Å². The van der Waals surface area contributed by atoms with Gasteiger partial charge in [0.05, 0.1) is 48.8 Å². The molecule has 0 atom stereocenters. The van der Waals surface area contributed by atoms with Crippen LogP contribution in [0.1, 0.15) is 31.1 Å². The molecule has 0 spiro atoms. The molecule has 9 heteroatoms. The summed E-state index contributed by atoms with van der Waals surface area (Å²) in [6, 6.07) is 31.5. The van der Waals surface area contributed by atoms with Crippen molar-refractivity contribution in [2.75, 3.05) is 21.3 Å². The third-order valence-electron chi connectivity index (χ3n) is 7.46. The van der Waals surface area contributed by atoms with Crippen molar-refractivity contribution in [1.82, 2.24) is 0 Å². The summed E-state index contributed by atoms with van der Waals surface area (Å²) >= 11 is 0. The van der Waals surface area contributed by atoms with Gasteiger partial charge in [0.1, 0.15) is 28.7 Å². The van der Waals surface area contributed by atoms with E-state index < -0.39 is 17.9 Å². The van der Waals surface area contributed by atoms with Crippen molar-refractivity contribution < 1.29 is 42.8 Å². The summed E-state index contributed by atoms with van der Waals surface area (Å²) < 4.78 is 33.5. The lowest BCUT2D eigenvalue weighted by Gasteiger charge is -2.17. The van der Waals surface area contributed by atoms with Gasteiger partial charge in [0, 0.05) is 0 Å². The quantitative estimate of drug-likeness (QED) is 0.0905. The molecule has 0 saturated carbocycles. The van der Waals surface area contributed by atoms with Crippen molar-refractivity contribution in [2.45, 2.75) is 0 Å². The second-order valence-electron chi connectivity index (χ2n) is 10.3. The molecule has 234 valence electrons. The minimum Gasteiger partial charge on any atom is -0.497 e. The molecule has 0 unspecified atom stereocenters. The highest BCUT2D eigenvalue weighted by molar-refractivity contribution is 6.13. The molecule has 0 aromatic heterocycles. The van der Waals surface area contributed by atoms with Crippen molar-refractivity contribution in [3.63, 3.8) is 0 Å². The maximum Gasteiger partial charge on any atom is 0.343 e. The number of carbonyl (C=O) groups is 3. The molecule has 0 N–H and O–H groups in total. The first-order valence-electron chi connectivity index (χ1n) is 14.5. The third-order valence-corrected chi connectivity index (χ3v) is 7.46. The van der Waals surface area contributed by atoms with E-state index in [2.05, 4.69) is 0 Å². The molecule has 6 aromatic carbocycles. The van der Waals surface area contributed by atoms with Crippen LogP contribution in [0.15, 0.2) is 115 Å². The summed E-state index contributed by atoms with van der Waals surface area (Å²) in [6.07, 6.45) is 0. The van der Waals surface area contributed by atoms with E-state index in [4.69, 9.17) is 28.4 Å². The van der Waals surface area contributed by atoms with Crippen molar-refractivity contribution in [1.29, 1.82) is 0 Å². The minimum absolute atomic E-state index is 0.0505. The Hall–Kier alpha value is -6.35. The molecular weight excluding hydrogens is 600 g/mol. The maximum atomic E-state index is 13.6. The molecule has 0 aliphatic heterocycles. The smallest absolute Gasteiger partial charge is 0.343 e. The van der Waals surface area contributed by atoms with Gasteiger partial charge in [-0.15, -0.1) is 0 Å². The molecule has 6 aromatic rings. The SMILES string of the molecule is COc1ccc(C(=O)Oc2cccc3cc4cccc(OC(=O)c5ccc(OC)cc5)c4c(OC(=O)c4ccc(OC)cc4)c23)cc1. The van der Waals surface area contributed by atoms with E-state index in [1.807, 2.05) is 6.07 Å². The largest absolute Gasteiger partial charge is 0.497 e. The topological polar surface area (TPSA) is 107 Å². The molecule has 0 bridgehead atoms. The number of carbonyl (C=O) groups excluding carboxylic acids is 3. The fourth-order valence-electron chi connectivity index (χ4n) is 5.04. The number of methoxy groups -OCH3 is 3. The fourth-order valence-corrected chi connectivity index (χ4v) is 5.04. The average molecular weight is 629 g/mol. The lowest BCUT2D eigenvalue weighted by Crippen LogP contribution is -2.12. The summed E-state index contributed by atoms with van der Waals surface area (Å²) in [5.41, 5.74) is 0.820. The Labute approximate surface area is 269 Å². The van der Waals surface area contributed by atoms with E-state index >= 15 is 0 Å². The maximum absolute atomic E-state index is 13.6. The van der Waals surface area contributed by atoms with Crippen LogP contribution in [-0.4, -0.2) is 39.2 Å². The van der Waals surface area contributed by atoms with Crippen molar-refractivity contribution in [2.24, 2.45) is 0 Å². The van der Waals surface area contributed by atoms with Gasteiger partial charge in [-0.1, -0.05) is 24.3 Å². The zero-order valence-electron chi connectivity index (χ0n) is 25.6. The van der Waals surface area contributed by atoms with Crippen LogP contribution in [0.3, 0.4) is 0 Å². The first-order chi connectivity index (χ1) is 22.9. The van der Waals surface area contributed by atoms with Gasteiger partial charge in [-0.2, -0.15) is 0 Å². The van der Waals surface area contributed by atoms with Gasteiger partial charge in [-0.3, -0.25) is 0 Å². The highest BCUT2D eigenvalue weighted by Crippen LogP contribution is 2.44. The third kappa shape index (κ3) is 6.41. The van der Waals surface area contributed by atoms with Gasteiger partial charge >= 0.3 is 17.9 Å². The number of ether oxygens (including phenoxy) is 6. The first-order valence-corrected chi connectivity index (χ1v) is 14.5. The summed E-state index contributed by atoms with van der Waals surface area (Å²) in [7, 11) is 4.59. The number of hydrogen-bond donors (Lipinski definition) is 0. The molecule has 6 rings (SSSR count). The highest BCUT2D eigenvalue weighted by atomic mass is 16.6. The lowest BCUT2D eigenvalue weighted by molar-refractivity contribution is 0.0728. The Morgan fingerprint density at radius 3 is 1.11 bits per heavy atom. The van der Waals surface area contributed by atoms with Crippen LogP contribution in [0.4, 0.5) is 0 Å². The normalized spacial score (nSPS) is 10.7. The fraction of sp³-hybridized carbons (Fsp3) is 0.0789. The Balaban J connectivity index is 1.49. The van der Waals surface area contributed by atoms with E-state index in [1.54, 1.807) is 109 Å². The summed E-state index contributed by atoms with van der Waals surface area (Å²) in [5, 5.41) is 1.90. The predicted octanol–water partition coefficient (Wildman–Crippen LogP) is 7.68. The van der Waals surface area contributed by atoms with E-state index in [9.17, 15) is 14.4 Å². The summed E-state index contributed by atoms with van der Waals surface area (Å²) in [5.74, 6) is 0.114. The Morgan fingerprint density at radius 2 is 0.766 bits per heavy atom. The second-order valence-corrected chi connectivity index (χ2v) is 10.3. The molecule has 0 heterocycles. The molecule has 0 radical (unpaired) electrons. The Morgan fingerprint density at radius 1 is 0.426 bits per heavy atom. The standard InChI is InChI=1S/C38H28O9/c1-42-28-16-10-23(11-17-28)36(39)45-31-8-4-6-26-22-27-7-5-9-32(46-37(40)24-12-18-29(43-2)19-13-24)34(27)35(33(26)31)47-38(41)25-14-20-30(44-3)21-15-25/h4-22H,1-3H3. The Bertz CT molecular complexity index is 1980. The highest BCUT2D eigenvalue weighted by Gasteiger charge is 2.23. The van der Waals surface area contributed by atoms with Crippen LogP contribution < -0.4 is 28.4 Å². The lowest BCUT2D eigenvalue weighted by atomic mass is 10.0. The number of fused-ring (bicyclic) bond motifs is 2. The van der Waals surface area contributed by atoms with Gasteiger partial charge in [0.15, 0.2) is 5.75 Å². The summed E-state index contributed by atoms with van der Waals surface area (Å²) in [6.45, 7) is 0. The summed E-state index contributed by atoms with van der Waals surface area (Å²) in [4.78, 5) is 40.2. The van der Waals surface area contributed by atoms with Crippen LogP contribution in [0.2, 0.25) is 0 Å². The van der Waals surface area contributed by atoms with Gasteiger partial charge in [-0.25, -0.2) is 14.4 Å². The number of esters is 3. The van der Waals surface area contributed by atoms with Gasteiger partial charge < -0.3 is 28.4 Å². The van der Waals surface area contributed by atoms with E-state index in [0.717, 1.165) is 0 Å². The molecule has 0 aliphatic carbocycles. The van der Waals surface area contributed by atoms with Gasteiger partial charge in [-0.05, 0) is 102 Å².